The molecule has 0 heterocycles. The van der Waals surface area contributed by atoms with Crippen LogP contribution in [0.25, 0.3) is 0 Å². The largest absolute Gasteiger partial charge is 0.0820 e. The minimum Gasteiger partial charge on any atom is -0.0820 e. The van der Waals surface area contributed by atoms with Gasteiger partial charge in [0, 0.05) is 7.85 Å². The van der Waals surface area contributed by atoms with Crippen molar-refractivity contribution in [2.24, 2.45) is 23.7 Å². The van der Waals surface area contributed by atoms with Crippen molar-refractivity contribution in [2.45, 2.75) is 33.5 Å². The Hall–Kier alpha value is 1.46. The minimum absolute atomic E-state index is 1.03. The number of halogens is 2. The molecule has 4 rings (SSSR count). The van der Waals surface area contributed by atoms with E-state index in [-0.39, 0.29) is 0 Å². The van der Waals surface area contributed by atoms with Crippen LogP contribution in [0.3, 0.4) is 0 Å². The quantitative estimate of drug-likeness (QED) is 0.439. The fraction of sp³-hybridized carbons (Fsp3) is 1.00. The van der Waals surface area contributed by atoms with E-state index in [0.717, 1.165) is 31.5 Å². The molecule has 4 bridgehead atoms. The summed E-state index contributed by atoms with van der Waals surface area (Å²) in [5.74, 6) is 4.44. The lowest BCUT2D eigenvalue weighted by molar-refractivity contribution is 0.0439. The fourth-order valence-electron chi connectivity index (χ4n) is 3.77. The zero-order chi connectivity index (χ0) is 8.29. The number of alkyl halides is 2. The number of rotatable bonds is 0. The molecular weight excluding hydrogens is 374 g/mol. The molecule has 0 spiro atoms. The van der Waals surface area contributed by atoms with Gasteiger partial charge in [0.05, 0.1) is 0 Å². The predicted molar refractivity (Wildman–Crippen MR) is 68.0 cm³/mol. The standard InChI is InChI=1S/C10H14I2/c11-9-6-1-5-2-7(4-6)10(12)8(9)3-5/h5-10H,1-4H2/t5?,6-,7+,8?,9+,10-. The molecular formula is C10H14I2. The highest BCUT2D eigenvalue weighted by atomic mass is 127. The second-order valence-corrected chi connectivity index (χ2v) is 7.76. The summed E-state index contributed by atoms with van der Waals surface area (Å²) in [6, 6.07) is 0. The molecule has 0 N–H and O–H groups in total. The summed E-state index contributed by atoms with van der Waals surface area (Å²) >= 11 is 5.47. The van der Waals surface area contributed by atoms with Crippen molar-refractivity contribution in [3.05, 3.63) is 0 Å². The van der Waals surface area contributed by atoms with Gasteiger partial charge in [-0.1, -0.05) is 45.2 Å². The van der Waals surface area contributed by atoms with Gasteiger partial charge in [-0.2, -0.15) is 0 Å². The first kappa shape index (κ1) is 8.74. The molecule has 6 atom stereocenters. The maximum absolute atomic E-state index is 2.74. The Bertz CT molecular complexity index is 186. The first-order chi connectivity index (χ1) is 5.75. The van der Waals surface area contributed by atoms with Crippen LogP contribution in [-0.4, -0.2) is 7.85 Å². The van der Waals surface area contributed by atoms with Gasteiger partial charge in [-0.25, -0.2) is 0 Å². The molecule has 2 unspecified atom stereocenters. The minimum atomic E-state index is 1.03. The average Bonchev–Trinajstić information content (AvgIpc) is 2.07. The van der Waals surface area contributed by atoms with Gasteiger partial charge >= 0.3 is 0 Å². The van der Waals surface area contributed by atoms with Crippen LogP contribution in [0.5, 0.6) is 0 Å². The van der Waals surface area contributed by atoms with Crippen molar-refractivity contribution in [1.82, 2.24) is 0 Å². The van der Waals surface area contributed by atoms with Crippen LogP contribution < -0.4 is 0 Å². The molecule has 2 heteroatoms. The van der Waals surface area contributed by atoms with Crippen molar-refractivity contribution in [2.75, 3.05) is 0 Å². The van der Waals surface area contributed by atoms with E-state index in [0.29, 0.717) is 0 Å². The smallest absolute Gasteiger partial charge is 0.0176 e. The SMILES string of the molecule is I[C@@H]1C2CC3C[C@@H]1C[C@H](C3)[C@H]2I. The predicted octanol–water partition coefficient (Wildman–Crippen LogP) is 3.66. The Morgan fingerprint density at radius 3 is 1.92 bits per heavy atom. The van der Waals surface area contributed by atoms with Gasteiger partial charge in [0.15, 0.2) is 0 Å². The van der Waals surface area contributed by atoms with Crippen molar-refractivity contribution >= 4 is 45.2 Å². The van der Waals surface area contributed by atoms with Gasteiger partial charge in [0.25, 0.3) is 0 Å². The summed E-state index contributed by atoms with van der Waals surface area (Å²) in [4.78, 5) is 0. The number of hydrogen-bond acceptors (Lipinski definition) is 0. The summed E-state index contributed by atoms with van der Waals surface area (Å²) in [5.41, 5.74) is 0. The Labute approximate surface area is 102 Å². The molecule has 0 aromatic rings. The highest BCUT2D eigenvalue weighted by molar-refractivity contribution is 14.1. The summed E-state index contributed by atoms with van der Waals surface area (Å²) < 4.78 is 2.05. The van der Waals surface area contributed by atoms with E-state index in [9.17, 15) is 0 Å². The molecule has 0 saturated heterocycles. The Balaban J connectivity index is 1.93. The first-order valence-corrected chi connectivity index (χ1v) is 7.53. The molecule has 0 nitrogen and oxygen atoms in total. The maximum atomic E-state index is 2.74. The van der Waals surface area contributed by atoms with Crippen LogP contribution in [0.1, 0.15) is 25.7 Å². The Morgan fingerprint density at radius 2 is 1.33 bits per heavy atom. The van der Waals surface area contributed by atoms with Gasteiger partial charge in [0.2, 0.25) is 0 Å². The Morgan fingerprint density at radius 1 is 0.750 bits per heavy atom. The van der Waals surface area contributed by atoms with E-state index in [1.54, 1.807) is 25.7 Å². The van der Waals surface area contributed by atoms with Crippen LogP contribution >= 0.6 is 45.2 Å². The van der Waals surface area contributed by atoms with Crippen LogP contribution in [0.2, 0.25) is 0 Å². The molecule has 0 aliphatic heterocycles. The van der Waals surface area contributed by atoms with E-state index < -0.39 is 0 Å². The molecule has 4 saturated carbocycles. The fourth-order valence-corrected chi connectivity index (χ4v) is 7.22. The lowest BCUT2D eigenvalue weighted by Gasteiger charge is -2.55. The molecule has 4 aliphatic rings. The molecule has 0 radical (unpaired) electrons. The van der Waals surface area contributed by atoms with Gasteiger partial charge < -0.3 is 0 Å². The maximum Gasteiger partial charge on any atom is 0.0176 e. The zero-order valence-electron chi connectivity index (χ0n) is 7.05. The second-order valence-electron chi connectivity index (χ2n) is 4.88. The van der Waals surface area contributed by atoms with Crippen molar-refractivity contribution < 1.29 is 0 Å². The third-order valence-corrected chi connectivity index (χ3v) is 8.08. The van der Waals surface area contributed by atoms with Crippen molar-refractivity contribution in [3.63, 3.8) is 0 Å². The molecule has 0 amide bonds. The van der Waals surface area contributed by atoms with Gasteiger partial charge in [0.1, 0.15) is 0 Å². The molecule has 4 fully saturated rings. The van der Waals surface area contributed by atoms with E-state index in [1.807, 2.05) is 0 Å². The summed E-state index contributed by atoms with van der Waals surface area (Å²) in [6.45, 7) is 0. The van der Waals surface area contributed by atoms with Crippen LogP contribution in [0, 0.1) is 23.7 Å². The first-order valence-electron chi connectivity index (χ1n) is 5.04. The molecule has 12 heavy (non-hydrogen) atoms. The highest BCUT2D eigenvalue weighted by Gasteiger charge is 2.51. The van der Waals surface area contributed by atoms with Crippen LogP contribution in [-0.2, 0) is 0 Å². The van der Waals surface area contributed by atoms with Crippen LogP contribution in [0.4, 0.5) is 0 Å². The van der Waals surface area contributed by atoms with E-state index in [4.69, 9.17) is 0 Å². The molecule has 0 aromatic heterocycles. The van der Waals surface area contributed by atoms with Crippen LogP contribution in [0.15, 0.2) is 0 Å². The summed E-state index contributed by atoms with van der Waals surface area (Å²) in [7, 11) is 0. The third kappa shape index (κ3) is 1.12. The number of hydrogen-bond donors (Lipinski definition) is 0. The summed E-state index contributed by atoms with van der Waals surface area (Å²) in [5, 5.41) is 0. The third-order valence-electron chi connectivity index (χ3n) is 4.20. The zero-order valence-corrected chi connectivity index (χ0v) is 11.4. The Kier molecular flexibility index (Phi) is 2.17. The van der Waals surface area contributed by atoms with E-state index in [1.165, 1.54) is 0 Å². The average molecular weight is 388 g/mol. The van der Waals surface area contributed by atoms with Gasteiger partial charge in [-0.05, 0) is 49.4 Å². The van der Waals surface area contributed by atoms with Crippen molar-refractivity contribution in [1.29, 1.82) is 0 Å². The van der Waals surface area contributed by atoms with Crippen molar-refractivity contribution in [3.8, 4) is 0 Å². The van der Waals surface area contributed by atoms with Gasteiger partial charge in [-0.3, -0.25) is 0 Å². The summed E-state index contributed by atoms with van der Waals surface area (Å²) in [6.07, 6.45) is 6.27. The molecule has 4 aliphatic carbocycles. The molecule has 0 aromatic carbocycles. The topological polar surface area (TPSA) is 0 Å². The lowest BCUT2D eigenvalue weighted by Crippen LogP contribution is -2.51. The monoisotopic (exact) mass is 388 g/mol. The van der Waals surface area contributed by atoms with E-state index >= 15 is 0 Å². The highest BCUT2D eigenvalue weighted by Crippen LogP contribution is 2.58. The normalized spacial score (nSPS) is 62.5. The second kappa shape index (κ2) is 2.97. The molecule has 68 valence electrons. The van der Waals surface area contributed by atoms with Gasteiger partial charge in [-0.15, -0.1) is 0 Å². The lowest BCUT2D eigenvalue weighted by atomic mass is 9.56. The van der Waals surface area contributed by atoms with E-state index in [2.05, 4.69) is 45.2 Å².